The summed E-state index contributed by atoms with van der Waals surface area (Å²) in [6, 6.07) is 0.492. The monoisotopic (exact) mass is 425 g/mol. The molecule has 2 aromatic heterocycles. The minimum atomic E-state index is -1.28. The number of halogens is 1. The molecule has 1 aliphatic rings. The van der Waals surface area contributed by atoms with Crippen LogP contribution in [0.1, 0.15) is 23.3 Å². The molecule has 11 heteroatoms. The Kier molecular flexibility index (Phi) is 6.49. The third-order valence-corrected chi connectivity index (χ3v) is 6.68. The summed E-state index contributed by atoms with van der Waals surface area (Å²) in [6.45, 7) is 7.51. The van der Waals surface area contributed by atoms with Crippen molar-refractivity contribution in [3.8, 4) is 0 Å². The van der Waals surface area contributed by atoms with Crippen molar-refractivity contribution in [3.05, 3.63) is 12.0 Å². The maximum Gasteiger partial charge on any atom is 0.359 e. The number of rotatable bonds is 8. The number of aliphatic hydroxyl groups excluding tert-OH is 1. The van der Waals surface area contributed by atoms with Gasteiger partial charge in [-0.2, -0.15) is 5.10 Å². The Morgan fingerprint density at radius 2 is 2.14 bits per heavy atom. The molecule has 1 fully saturated rings. The van der Waals surface area contributed by atoms with E-state index in [9.17, 15) is 14.3 Å². The van der Waals surface area contributed by atoms with Gasteiger partial charge < -0.3 is 19.9 Å². The van der Waals surface area contributed by atoms with Crippen molar-refractivity contribution in [2.45, 2.75) is 63.6 Å². The second-order valence-corrected chi connectivity index (χ2v) is 14.1. The first-order valence-corrected chi connectivity index (χ1v) is 13.4. The third kappa shape index (κ3) is 4.90. The Morgan fingerprint density at radius 3 is 2.76 bits per heavy atom. The summed E-state index contributed by atoms with van der Waals surface area (Å²) in [5.74, 6) is -0.328. The number of hydrogen-bond donors (Lipinski definition) is 2. The van der Waals surface area contributed by atoms with Crippen LogP contribution in [0.25, 0.3) is 11.0 Å². The number of aromatic nitrogens is 4. The molecule has 160 valence electrons. The maximum atomic E-state index is 13.7. The van der Waals surface area contributed by atoms with Crippen LogP contribution in [0.15, 0.2) is 6.33 Å². The van der Waals surface area contributed by atoms with Crippen LogP contribution in [-0.2, 0) is 16.2 Å². The van der Waals surface area contributed by atoms with Crippen molar-refractivity contribution in [2.75, 3.05) is 19.0 Å². The normalized spacial score (nSPS) is 22.2. The molecule has 3 rings (SSSR count). The number of esters is 1. The summed E-state index contributed by atoms with van der Waals surface area (Å²) >= 11 is 0. The fourth-order valence-electron chi connectivity index (χ4n) is 3.24. The van der Waals surface area contributed by atoms with Crippen LogP contribution >= 0.6 is 0 Å². The standard InChI is InChI=1S/C18H28FN5O4Si/c1-27-18(26)14-13-16(22-12-6-5-11(19)15(12)25)20-9-21-17(13)24(23-14)10-28-7-8-29(2,3)4/h9,11-12,15,25H,5-8,10H2,1-4H3,(H,20,21,22)/t11-,12?,15+/m0/s1. The molecule has 29 heavy (non-hydrogen) atoms. The molecule has 2 N–H and O–H groups in total. The van der Waals surface area contributed by atoms with E-state index in [1.54, 1.807) is 0 Å². The van der Waals surface area contributed by atoms with E-state index in [1.807, 2.05) is 0 Å². The average molecular weight is 426 g/mol. The van der Waals surface area contributed by atoms with Gasteiger partial charge in [0.2, 0.25) is 0 Å². The largest absolute Gasteiger partial charge is 0.464 e. The van der Waals surface area contributed by atoms with Gasteiger partial charge in [-0.25, -0.2) is 23.8 Å². The number of carbonyl (C=O) groups is 1. The zero-order valence-electron chi connectivity index (χ0n) is 17.2. The van der Waals surface area contributed by atoms with E-state index >= 15 is 0 Å². The SMILES string of the molecule is COC(=O)c1nn(COCC[Si](C)(C)C)c2ncnc(NC3CC[C@H](F)[C@H]3O)c12. The van der Waals surface area contributed by atoms with Gasteiger partial charge in [0.25, 0.3) is 0 Å². The quantitative estimate of drug-likeness (QED) is 0.376. The van der Waals surface area contributed by atoms with Crippen molar-refractivity contribution in [3.63, 3.8) is 0 Å². The van der Waals surface area contributed by atoms with E-state index in [-0.39, 0.29) is 18.8 Å². The Hall–Kier alpha value is -2.11. The number of nitrogens with zero attached hydrogens (tertiary/aromatic N) is 4. The van der Waals surface area contributed by atoms with Gasteiger partial charge in [0.1, 0.15) is 31.2 Å². The fraction of sp³-hybridized carbons (Fsp3) is 0.667. The van der Waals surface area contributed by atoms with Gasteiger partial charge in [-0.3, -0.25) is 0 Å². The minimum Gasteiger partial charge on any atom is -0.464 e. The Bertz CT molecular complexity index is 872. The van der Waals surface area contributed by atoms with Crippen molar-refractivity contribution < 1.29 is 23.8 Å². The number of nitrogens with one attached hydrogen (secondary N) is 1. The maximum absolute atomic E-state index is 13.7. The van der Waals surface area contributed by atoms with Gasteiger partial charge in [-0.05, 0) is 18.9 Å². The molecule has 0 saturated heterocycles. The summed E-state index contributed by atoms with van der Waals surface area (Å²) < 4.78 is 25.8. The number of fused-ring (bicyclic) bond motifs is 1. The smallest absolute Gasteiger partial charge is 0.359 e. The molecule has 0 aromatic carbocycles. The van der Waals surface area contributed by atoms with E-state index in [4.69, 9.17) is 9.47 Å². The number of methoxy groups -OCH3 is 1. The first-order valence-electron chi connectivity index (χ1n) is 9.67. The molecule has 1 saturated carbocycles. The highest BCUT2D eigenvalue weighted by Crippen LogP contribution is 2.29. The zero-order valence-corrected chi connectivity index (χ0v) is 18.2. The molecule has 2 aromatic rings. The van der Waals surface area contributed by atoms with Crippen LogP contribution in [0.5, 0.6) is 0 Å². The topological polar surface area (TPSA) is 111 Å². The van der Waals surface area contributed by atoms with Crippen LogP contribution < -0.4 is 5.32 Å². The van der Waals surface area contributed by atoms with Gasteiger partial charge in [0.05, 0.1) is 18.5 Å². The molecule has 0 radical (unpaired) electrons. The fourth-order valence-corrected chi connectivity index (χ4v) is 4.00. The Morgan fingerprint density at radius 1 is 1.38 bits per heavy atom. The van der Waals surface area contributed by atoms with E-state index in [0.29, 0.717) is 29.9 Å². The van der Waals surface area contributed by atoms with Crippen molar-refractivity contribution in [2.24, 2.45) is 0 Å². The Labute approximate surface area is 169 Å². The van der Waals surface area contributed by atoms with Gasteiger partial charge in [-0.1, -0.05) is 19.6 Å². The zero-order chi connectivity index (χ0) is 21.2. The number of alkyl halides is 1. The van der Waals surface area contributed by atoms with Gasteiger partial charge in [0, 0.05) is 14.7 Å². The molecule has 1 unspecified atom stereocenters. The number of anilines is 1. The summed E-state index contributed by atoms with van der Waals surface area (Å²) in [5, 5.41) is 17.7. The van der Waals surface area contributed by atoms with Crippen molar-refractivity contribution >= 4 is 30.9 Å². The molecule has 0 spiro atoms. The molecule has 3 atom stereocenters. The van der Waals surface area contributed by atoms with Crippen LogP contribution in [0, 0.1) is 0 Å². The molecular formula is C18H28FN5O4Si. The van der Waals surface area contributed by atoms with Crippen molar-refractivity contribution in [1.29, 1.82) is 0 Å². The van der Waals surface area contributed by atoms with E-state index < -0.39 is 32.4 Å². The highest BCUT2D eigenvalue weighted by molar-refractivity contribution is 6.76. The second-order valence-electron chi connectivity index (χ2n) is 8.44. The van der Waals surface area contributed by atoms with Crippen LogP contribution in [0.4, 0.5) is 10.2 Å². The van der Waals surface area contributed by atoms with E-state index in [0.717, 1.165) is 6.04 Å². The van der Waals surface area contributed by atoms with Crippen LogP contribution in [0.2, 0.25) is 25.7 Å². The van der Waals surface area contributed by atoms with Gasteiger partial charge in [0.15, 0.2) is 11.3 Å². The molecule has 9 nitrogen and oxygen atoms in total. The van der Waals surface area contributed by atoms with Crippen LogP contribution in [0.3, 0.4) is 0 Å². The number of ether oxygens (including phenoxy) is 2. The van der Waals surface area contributed by atoms with E-state index in [1.165, 1.54) is 18.1 Å². The lowest BCUT2D eigenvalue weighted by molar-refractivity contribution is 0.0585. The summed E-state index contributed by atoms with van der Waals surface area (Å²) in [6.07, 6.45) is -0.370. The van der Waals surface area contributed by atoms with Gasteiger partial charge in [-0.15, -0.1) is 0 Å². The van der Waals surface area contributed by atoms with Gasteiger partial charge >= 0.3 is 5.97 Å². The number of aliphatic hydroxyl groups is 1. The van der Waals surface area contributed by atoms with E-state index in [2.05, 4.69) is 40.0 Å². The minimum absolute atomic E-state index is 0.0451. The molecule has 0 amide bonds. The summed E-state index contributed by atoms with van der Waals surface area (Å²) in [5.41, 5.74) is 0.448. The summed E-state index contributed by atoms with van der Waals surface area (Å²) in [7, 11) is 0.0384. The predicted molar refractivity (Wildman–Crippen MR) is 108 cm³/mol. The molecule has 0 aliphatic heterocycles. The predicted octanol–water partition coefficient (Wildman–Crippen LogP) is 2.20. The first-order chi connectivity index (χ1) is 13.7. The second kappa shape index (κ2) is 8.72. The highest BCUT2D eigenvalue weighted by atomic mass is 28.3. The summed E-state index contributed by atoms with van der Waals surface area (Å²) in [4.78, 5) is 20.7. The molecule has 2 heterocycles. The molecule has 0 bridgehead atoms. The molecular weight excluding hydrogens is 397 g/mol. The van der Waals surface area contributed by atoms with Crippen molar-refractivity contribution in [1.82, 2.24) is 19.7 Å². The Balaban J connectivity index is 1.88. The lowest BCUT2D eigenvalue weighted by Gasteiger charge is -2.18. The first kappa shape index (κ1) is 21.6. The number of carbonyl (C=O) groups excluding carboxylic acids is 1. The lowest BCUT2D eigenvalue weighted by Crippen LogP contribution is -2.33. The third-order valence-electron chi connectivity index (χ3n) is 4.98. The average Bonchev–Trinajstić information content (AvgIpc) is 3.20. The van der Waals surface area contributed by atoms with Crippen LogP contribution in [-0.4, -0.2) is 70.9 Å². The highest BCUT2D eigenvalue weighted by Gasteiger charge is 2.36. The molecule has 1 aliphatic carbocycles. The lowest BCUT2D eigenvalue weighted by atomic mass is 10.2. The number of hydrogen-bond acceptors (Lipinski definition) is 8.